The molecular formula is C13H17NO4S. The summed E-state index contributed by atoms with van der Waals surface area (Å²) >= 11 is 1.50. The Kier molecular flexibility index (Phi) is 4.68. The Morgan fingerprint density at radius 2 is 2.26 bits per heavy atom. The Hall–Kier alpha value is -1.24. The van der Waals surface area contributed by atoms with Gasteiger partial charge in [-0.25, -0.2) is 0 Å². The number of benzene rings is 1. The normalized spacial score (nSPS) is 20.7. The molecule has 2 atom stereocenters. The van der Waals surface area contributed by atoms with E-state index in [-0.39, 0.29) is 24.4 Å². The molecule has 0 aromatic heterocycles. The van der Waals surface area contributed by atoms with Crippen LogP contribution in [-0.4, -0.2) is 53.1 Å². The number of ether oxygens (including phenoxy) is 1. The molecule has 1 saturated heterocycles. The second-order valence-electron chi connectivity index (χ2n) is 4.29. The highest BCUT2D eigenvalue weighted by molar-refractivity contribution is 8.00. The van der Waals surface area contributed by atoms with E-state index >= 15 is 0 Å². The Labute approximate surface area is 116 Å². The second kappa shape index (κ2) is 6.27. The van der Waals surface area contributed by atoms with E-state index < -0.39 is 6.10 Å². The van der Waals surface area contributed by atoms with E-state index in [1.807, 2.05) is 24.3 Å². The van der Waals surface area contributed by atoms with Gasteiger partial charge >= 0.3 is 0 Å². The zero-order chi connectivity index (χ0) is 13.8. The molecule has 0 radical (unpaired) electrons. The second-order valence-corrected chi connectivity index (χ2v) is 5.36. The maximum absolute atomic E-state index is 11.9. The van der Waals surface area contributed by atoms with Crippen LogP contribution < -0.4 is 4.74 Å². The van der Waals surface area contributed by atoms with E-state index in [1.54, 1.807) is 12.0 Å². The number of carbonyl (C=O) groups is 1. The van der Waals surface area contributed by atoms with Gasteiger partial charge in [-0.15, -0.1) is 11.8 Å². The summed E-state index contributed by atoms with van der Waals surface area (Å²) in [6.07, 6.45) is -0.917. The smallest absolute Gasteiger partial charge is 0.233 e. The van der Waals surface area contributed by atoms with Crippen LogP contribution in [0.3, 0.4) is 0 Å². The summed E-state index contributed by atoms with van der Waals surface area (Å²) < 4.78 is 5.31. The molecule has 1 fully saturated rings. The maximum atomic E-state index is 11.9. The zero-order valence-electron chi connectivity index (χ0n) is 10.7. The van der Waals surface area contributed by atoms with Crippen LogP contribution in [0.4, 0.5) is 0 Å². The van der Waals surface area contributed by atoms with Crippen LogP contribution in [0, 0.1) is 0 Å². The molecule has 2 N–H and O–H groups in total. The van der Waals surface area contributed by atoms with Crippen LogP contribution in [0.25, 0.3) is 0 Å². The molecule has 6 heteroatoms. The molecule has 0 aliphatic carbocycles. The van der Waals surface area contributed by atoms with Crippen molar-refractivity contribution in [3.05, 3.63) is 29.8 Å². The minimum Gasteiger partial charge on any atom is -0.496 e. The highest BCUT2D eigenvalue weighted by atomic mass is 32.2. The van der Waals surface area contributed by atoms with E-state index in [1.165, 1.54) is 11.8 Å². The minimum atomic E-state index is -0.917. The van der Waals surface area contributed by atoms with E-state index in [4.69, 9.17) is 9.84 Å². The number of β-amino-alcohol motifs (C(OH)–C–C–N with tert-alkyl or cyclic N) is 1. The molecule has 0 saturated carbocycles. The Bertz CT molecular complexity index is 454. The zero-order valence-corrected chi connectivity index (χ0v) is 11.5. The molecule has 1 aliphatic rings. The van der Waals surface area contributed by atoms with Crippen molar-refractivity contribution >= 4 is 17.7 Å². The van der Waals surface area contributed by atoms with Crippen molar-refractivity contribution in [3.63, 3.8) is 0 Å². The van der Waals surface area contributed by atoms with Crippen LogP contribution in [0.15, 0.2) is 24.3 Å². The summed E-state index contributed by atoms with van der Waals surface area (Å²) in [5.41, 5.74) is 0.908. The number of aliphatic hydroxyl groups is 2. The van der Waals surface area contributed by atoms with Crippen molar-refractivity contribution in [1.82, 2.24) is 4.90 Å². The first-order chi connectivity index (χ1) is 9.17. The molecule has 1 amide bonds. The van der Waals surface area contributed by atoms with Gasteiger partial charge in [0.05, 0.1) is 32.1 Å². The number of para-hydroxylation sites is 1. The summed E-state index contributed by atoms with van der Waals surface area (Å²) in [6.45, 7) is -0.224. The van der Waals surface area contributed by atoms with Gasteiger partial charge in [0.1, 0.15) is 11.1 Å². The first-order valence-electron chi connectivity index (χ1n) is 6.00. The number of hydrogen-bond donors (Lipinski definition) is 2. The average Bonchev–Trinajstić information content (AvgIpc) is 2.80. The van der Waals surface area contributed by atoms with E-state index in [0.717, 1.165) is 11.3 Å². The number of thioether (sulfide) groups is 1. The fourth-order valence-corrected chi connectivity index (χ4v) is 3.29. The van der Waals surface area contributed by atoms with Crippen LogP contribution in [0.1, 0.15) is 10.9 Å². The molecule has 1 aromatic carbocycles. The molecule has 0 bridgehead atoms. The fraction of sp³-hybridized carbons (Fsp3) is 0.462. The Morgan fingerprint density at radius 3 is 2.95 bits per heavy atom. The summed E-state index contributed by atoms with van der Waals surface area (Å²) in [4.78, 5) is 13.5. The minimum absolute atomic E-state index is 0.0339. The molecule has 104 valence electrons. The highest BCUT2D eigenvalue weighted by Crippen LogP contribution is 2.42. The summed E-state index contributed by atoms with van der Waals surface area (Å²) in [5.74, 6) is 1.06. The maximum Gasteiger partial charge on any atom is 0.233 e. The summed E-state index contributed by atoms with van der Waals surface area (Å²) in [7, 11) is 1.59. The fourth-order valence-electron chi connectivity index (χ4n) is 2.06. The van der Waals surface area contributed by atoms with Crippen molar-refractivity contribution in [2.75, 3.05) is 26.0 Å². The van der Waals surface area contributed by atoms with Crippen LogP contribution in [0.5, 0.6) is 5.75 Å². The third-order valence-electron chi connectivity index (χ3n) is 2.99. The third kappa shape index (κ3) is 3.02. The third-order valence-corrected chi connectivity index (χ3v) is 4.23. The molecule has 1 aromatic rings. The number of carbonyl (C=O) groups excluding carboxylic acids is 1. The first kappa shape index (κ1) is 14.2. The lowest BCUT2D eigenvalue weighted by molar-refractivity contribution is -0.129. The average molecular weight is 283 g/mol. The lowest BCUT2D eigenvalue weighted by atomic mass is 10.1. The molecule has 5 nitrogen and oxygen atoms in total. The SMILES string of the molecule is COc1ccccc1C1SCC(=O)N1C[C@H](O)CO. The van der Waals surface area contributed by atoms with Crippen molar-refractivity contribution in [3.8, 4) is 5.75 Å². The van der Waals surface area contributed by atoms with Crippen molar-refractivity contribution in [2.45, 2.75) is 11.5 Å². The van der Waals surface area contributed by atoms with Gasteiger partial charge in [-0.3, -0.25) is 4.79 Å². The molecule has 19 heavy (non-hydrogen) atoms. The van der Waals surface area contributed by atoms with Crippen LogP contribution >= 0.6 is 11.8 Å². The van der Waals surface area contributed by atoms with Gasteiger partial charge in [0.15, 0.2) is 0 Å². The summed E-state index contributed by atoms with van der Waals surface area (Å²) in [6, 6.07) is 7.52. The highest BCUT2D eigenvalue weighted by Gasteiger charge is 2.35. The van der Waals surface area contributed by atoms with E-state index in [0.29, 0.717) is 5.75 Å². The predicted molar refractivity (Wildman–Crippen MR) is 73.0 cm³/mol. The van der Waals surface area contributed by atoms with Crippen LogP contribution in [0.2, 0.25) is 0 Å². The van der Waals surface area contributed by atoms with Gasteiger partial charge in [0.2, 0.25) is 5.91 Å². The number of methoxy groups -OCH3 is 1. The van der Waals surface area contributed by atoms with Gasteiger partial charge in [-0.1, -0.05) is 18.2 Å². The largest absolute Gasteiger partial charge is 0.496 e. The quantitative estimate of drug-likeness (QED) is 0.829. The van der Waals surface area contributed by atoms with E-state index in [9.17, 15) is 9.90 Å². The van der Waals surface area contributed by atoms with Crippen molar-refractivity contribution < 1.29 is 19.7 Å². The number of hydrogen-bond acceptors (Lipinski definition) is 5. The Balaban J connectivity index is 2.24. The monoisotopic (exact) mass is 283 g/mol. The Morgan fingerprint density at radius 1 is 1.53 bits per heavy atom. The van der Waals surface area contributed by atoms with Crippen LogP contribution in [-0.2, 0) is 4.79 Å². The topological polar surface area (TPSA) is 70.0 Å². The number of rotatable bonds is 5. The summed E-state index contributed by atoms with van der Waals surface area (Å²) in [5, 5.41) is 18.3. The molecule has 1 heterocycles. The van der Waals surface area contributed by atoms with E-state index in [2.05, 4.69) is 0 Å². The molecular weight excluding hydrogens is 266 g/mol. The van der Waals surface area contributed by atoms with Crippen molar-refractivity contribution in [1.29, 1.82) is 0 Å². The number of nitrogens with zero attached hydrogens (tertiary/aromatic N) is 1. The van der Waals surface area contributed by atoms with Gasteiger partial charge in [-0.2, -0.15) is 0 Å². The van der Waals surface area contributed by atoms with Gasteiger partial charge in [0, 0.05) is 5.56 Å². The first-order valence-corrected chi connectivity index (χ1v) is 7.05. The molecule has 0 spiro atoms. The lowest BCUT2D eigenvalue weighted by Crippen LogP contribution is -2.37. The predicted octanol–water partition coefficient (Wildman–Crippen LogP) is 0.622. The van der Waals surface area contributed by atoms with Gasteiger partial charge in [-0.05, 0) is 6.07 Å². The van der Waals surface area contributed by atoms with Crippen molar-refractivity contribution in [2.24, 2.45) is 0 Å². The van der Waals surface area contributed by atoms with Gasteiger partial charge < -0.3 is 19.8 Å². The van der Waals surface area contributed by atoms with Gasteiger partial charge in [0.25, 0.3) is 0 Å². The standard InChI is InChI=1S/C13H17NO4S/c1-18-11-5-3-2-4-10(11)13-14(6-9(16)7-15)12(17)8-19-13/h2-5,9,13,15-16H,6-8H2,1H3/t9-,13?/m0/s1. The lowest BCUT2D eigenvalue weighted by Gasteiger charge is -2.26. The number of aliphatic hydroxyl groups excluding tert-OH is 2. The number of amides is 1. The molecule has 1 unspecified atom stereocenters. The molecule has 2 rings (SSSR count). The molecule has 1 aliphatic heterocycles.